The highest BCUT2D eigenvalue weighted by molar-refractivity contribution is 5.92. The van der Waals surface area contributed by atoms with Crippen LogP contribution in [0, 0.1) is 5.92 Å². The molecule has 1 aromatic heterocycles. The summed E-state index contributed by atoms with van der Waals surface area (Å²) in [7, 11) is 1.80. The van der Waals surface area contributed by atoms with Gasteiger partial charge in [-0.05, 0) is 18.1 Å². The number of carbonyl (C=O) groups excluding carboxylic acids is 1. The number of nitrogen functional groups attached to an aromatic ring is 1. The SMILES string of the molecule is CCC(C)CN(C)C(=O)c1ccc(N)cn1. The summed E-state index contributed by atoms with van der Waals surface area (Å²) in [5.74, 6) is 0.447. The van der Waals surface area contributed by atoms with E-state index in [4.69, 9.17) is 5.73 Å². The lowest BCUT2D eigenvalue weighted by Gasteiger charge is -2.20. The summed E-state index contributed by atoms with van der Waals surface area (Å²) < 4.78 is 0. The minimum absolute atomic E-state index is 0.0553. The van der Waals surface area contributed by atoms with Gasteiger partial charge in [0.25, 0.3) is 5.91 Å². The summed E-state index contributed by atoms with van der Waals surface area (Å²) >= 11 is 0. The first-order chi connectivity index (χ1) is 7.54. The molecule has 2 N–H and O–H groups in total. The van der Waals surface area contributed by atoms with Crippen LogP contribution in [-0.4, -0.2) is 29.4 Å². The molecule has 0 aliphatic carbocycles. The zero-order valence-corrected chi connectivity index (χ0v) is 10.1. The van der Waals surface area contributed by atoms with Crippen molar-refractivity contribution in [3.05, 3.63) is 24.0 Å². The van der Waals surface area contributed by atoms with Gasteiger partial charge >= 0.3 is 0 Å². The van der Waals surface area contributed by atoms with E-state index in [9.17, 15) is 4.79 Å². The highest BCUT2D eigenvalue weighted by Crippen LogP contribution is 2.07. The first kappa shape index (κ1) is 12.5. The molecule has 0 aromatic carbocycles. The summed E-state index contributed by atoms with van der Waals surface area (Å²) in [5.41, 5.74) is 6.53. The first-order valence-electron chi connectivity index (χ1n) is 5.51. The molecule has 4 nitrogen and oxygen atoms in total. The first-order valence-corrected chi connectivity index (χ1v) is 5.51. The maximum Gasteiger partial charge on any atom is 0.272 e. The number of pyridine rings is 1. The molecule has 1 rings (SSSR count). The summed E-state index contributed by atoms with van der Waals surface area (Å²) in [6.07, 6.45) is 2.57. The van der Waals surface area contributed by atoms with Crippen molar-refractivity contribution in [3.8, 4) is 0 Å². The summed E-state index contributed by atoms with van der Waals surface area (Å²) in [6.45, 7) is 4.99. The minimum Gasteiger partial charge on any atom is -0.397 e. The lowest BCUT2D eigenvalue weighted by atomic mass is 10.1. The molecule has 0 aliphatic heterocycles. The van der Waals surface area contributed by atoms with Crippen molar-refractivity contribution in [1.82, 2.24) is 9.88 Å². The molecule has 0 saturated heterocycles. The third-order valence-electron chi connectivity index (χ3n) is 2.63. The number of nitrogens with two attached hydrogens (primary N) is 1. The number of aromatic nitrogens is 1. The van der Waals surface area contributed by atoms with Crippen molar-refractivity contribution in [2.75, 3.05) is 19.3 Å². The molecule has 0 saturated carbocycles. The third-order valence-corrected chi connectivity index (χ3v) is 2.63. The molecule has 1 unspecified atom stereocenters. The van der Waals surface area contributed by atoms with Crippen LogP contribution >= 0.6 is 0 Å². The van der Waals surface area contributed by atoms with Gasteiger partial charge < -0.3 is 10.6 Å². The Hall–Kier alpha value is -1.58. The van der Waals surface area contributed by atoms with Gasteiger partial charge in [-0.3, -0.25) is 4.79 Å². The molecule has 1 amide bonds. The van der Waals surface area contributed by atoms with Crippen LogP contribution in [-0.2, 0) is 0 Å². The predicted octanol–water partition coefficient (Wildman–Crippen LogP) is 1.78. The molecule has 16 heavy (non-hydrogen) atoms. The topological polar surface area (TPSA) is 59.2 Å². The van der Waals surface area contributed by atoms with Gasteiger partial charge in [-0.2, -0.15) is 0 Å². The Kier molecular flexibility index (Phi) is 4.28. The second-order valence-electron chi connectivity index (χ2n) is 4.18. The van der Waals surface area contributed by atoms with Crippen LogP contribution in [0.5, 0.6) is 0 Å². The number of carbonyl (C=O) groups is 1. The number of nitrogens with zero attached hydrogens (tertiary/aromatic N) is 2. The van der Waals surface area contributed by atoms with Crippen molar-refractivity contribution in [1.29, 1.82) is 0 Å². The van der Waals surface area contributed by atoms with Gasteiger partial charge in [0.15, 0.2) is 0 Å². The Labute approximate surface area is 96.5 Å². The quantitative estimate of drug-likeness (QED) is 0.843. The Balaban J connectivity index is 2.67. The van der Waals surface area contributed by atoms with Crippen molar-refractivity contribution >= 4 is 11.6 Å². The zero-order chi connectivity index (χ0) is 12.1. The van der Waals surface area contributed by atoms with E-state index in [0.717, 1.165) is 13.0 Å². The van der Waals surface area contributed by atoms with E-state index in [1.54, 1.807) is 24.1 Å². The Morgan fingerprint density at radius 1 is 1.56 bits per heavy atom. The average molecular weight is 221 g/mol. The van der Waals surface area contributed by atoms with Crippen molar-refractivity contribution < 1.29 is 4.79 Å². The lowest BCUT2D eigenvalue weighted by Crippen LogP contribution is -2.31. The van der Waals surface area contributed by atoms with Crippen LogP contribution < -0.4 is 5.73 Å². The Bertz CT molecular complexity index is 348. The van der Waals surface area contributed by atoms with E-state index in [-0.39, 0.29) is 5.91 Å². The number of amides is 1. The van der Waals surface area contributed by atoms with Crippen molar-refractivity contribution in [3.63, 3.8) is 0 Å². The molecule has 0 radical (unpaired) electrons. The van der Waals surface area contributed by atoms with Crippen LogP contribution in [0.1, 0.15) is 30.8 Å². The standard InChI is InChI=1S/C12H19N3O/c1-4-9(2)8-15(3)12(16)11-6-5-10(13)7-14-11/h5-7,9H,4,8,13H2,1-3H3. The Morgan fingerprint density at radius 2 is 2.25 bits per heavy atom. The molecule has 0 fully saturated rings. The number of hydrogen-bond donors (Lipinski definition) is 1. The maximum atomic E-state index is 11.9. The van der Waals surface area contributed by atoms with E-state index >= 15 is 0 Å². The highest BCUT2D eigenvalue weighted by Gasteiger charge is 2.14. The number of hydrogen-bond acceptors (Lipinski definition) is 3. The summed E-state index contributed by atoms with van der Waals surface area (Å²) in [6, 6.07) is 3.35. The molecule has 1 aromatic rings. The van der Waals surface area contributed by atoms with Crippen LogP contribution in [0.25, 0.3) is 0 Å². The normalized spacial score (nSPS) is 12.2. The molecule has 0 aliphatic rings. The number of anilines is 1. The average Bonchev–Trinajstić information content (AvgIpc) is 2.28. The largest absolute Gasteiger partial charge is 0.397 e. The lowest BCUT2D eigenvalue weighted by molar-refractivity contribution is 0.0769. The molecule has 0 bridgehead atoms. The van der Waals surface area contributed by atoms with Gasteiger partial charge in [0, 0.05) is 13.6 Å². The second-order valence-corrected chi connectivity index (χ2v) is 4.18. The molecule has 1 heterocycles. The highest BCUT2D eigenvalue weighted by atomic mass is 16.2. The molecular formula is C12H19N3O. The van der Waals surface area contributed by atoms with E-state index in [0.29, 0.717) is 17.3 Å². The third kappa shape index (κ3) is 3.22. The fourth-order valence-corrected chi connectivity index (χ4v) is 1.41. The molecule has 4 heteroatoms. The molecule has 88 valence electrons. The minimum atomic E-state index is -0.0553. The van der Waals surface area contributed by atoms with Crippen molar-refractivity contribution in [2.45, 2.75) is 20.3 Å². The van der Waals surface area contributed by atoms with Gasteiger partial charge in [0.2, 0.25) is 0 Å². The second kappa shape index (κ2) is 5.49. The molecular weight excluding hydrogens is 202 g/mol. The van der Waals surface area contributed by atoms with Crippen LogP contribution in [0.15, 0.2) is 18.3 Å². The monoisotopic (exact) mass is 221 g/mol. The maximum absolute atomic E-state index is 11.9. The predicted molar refractivity (Wildman–Crippen MR) is 65.1 cm³/mol. The Morgan fingerprint density at radius 3 is 2.75 bits per heavy atom. The number of rotatable bonds is 4. The van der Waals surface area contributed by atoms with Crippen LogP contribution in [0.2, 0.25) is 0 Å². The van der Waals surface area contributed by atoms with E-state index in [1.165, 1.54) is 6.20 Å². The molecule has 0 spiro atoms. The van der Waals surface area contributed by atoms with E-state index < -0.39 is 0 Å². The summed E-state index contributed by atoms with van der Waals surface area (Å²) in [4.78, 5) is 17.6. The molecule has 1 atom stereocenters. The van der Waals surface area contributed by atoms with Gasteiger partial charge in [-0.15, -0.1) is 0 Å². The smallest absolute Gasteiger partial charge is 0.272 e. The van der Waals surface area contributed by atoms with E-state index in [1.807, 2.05) is 0 Å². The van der Waals surface area contributed by atoms with Crippen LogP contribution in [0.3, 0.4) is 0 Å². The van der Waals surface area contributed by atoms with Gasteiger partial charge in [0.1, 0.15) is 5.69 Å². The fraction of sp³-hybridized carbons (Fsp3) is 0.500. The zero-order valence-electron chi connectivity index (χ0n) is 10.1. The van der Waals surface area contributed by atoms with Gasteiger partial charge in [0.05, 0.1) is 11.9 Å². The van der Waals surface area contributed by atoms with Gasteiger partial charge in [-0.1, -0.05) is 20.3 Å². The van der Waals surface area contributed by atoms with Gasteiger partial charge in [-0.25, -0.2) is 4.98 Å². The van der Waals surface area contributed by atoms with E-state index in [2.05, 4.69) is 18.8 Å². The fourth-order valence-electron chi connectivity index (χ4n) is 1.41. The summed E-state index contributed by atoms with van der Waals surface area (Å²) in [5, 5.41) is 0. The van der Waals surface area contributed by atoms with Crippen molar-refractivity contribution in [2.24, 2.45) is 5.92 Å². The van der Waals surface area contributed by atoms with Crippen LogP contribution in [0.4, 0.5) is 5.69 Å².